The molecule has 3 rings (SSSR count). The fraction of sp³-hybridized carbons (Fsp3) is 0.409. The number of carbonyl (C=O) groups is 2. The summed E-state index contributed by atoms with van der Waals surface area (Å²) >= 11 is 0. The van der Waals surface area contributed by atoms with Gasteiger partial charge in [0.25, 0.3) is 5.91 Å². The van der Waals surface area contributed by atoms with Gasteiger partial charge >= 0.3 is 0 Å². The molecule has 156 valence electrons. The molecule has 0 spiro atoms. The largest absolute Gasteiger partial charge is 0.329 e. The topological polar surface area (TPSA) is 74.3 Å². The molecular weight excluding hydrogens is 388 g/mol. The van der Waals surface area contributed by atoms with Crippen LogP contribution in [0.3, 0.4) is 0 Å². The van der Waals surface area contributed by atoms with Crippen LogP contribution in [0.5, 0.6) is 0 Å². The van der Waals surface area contributed by atoms with Gasteiger partial charge in [0.05, 0.1) is 6.04 Å². The number of piperazine rings is 1. The lowest BCUT2D eigenvalue weighted by molar-refractivity contribution is -0.116. The first kappa shape index (κ1) is 22.8. The number of halogens is 1. The maximum absolute atomic E-state index is 13.2. The van der Waals surface area contributed by atoms with Gasteiger partial charge in [-0.3, -0.25) is 14.6 Å². The predicted molar refractivity (Wildman–Crippen MR) is 117 cm³/mol. The Bertz CT molecular complexity index is 842. The second-order valence-electron chi connectivity index (χ2n) is 7.68. The van der Waals surface area contributed by atoms with Crippen LogP contribution in [-0.2, 0) is 4.79 Å². The third kappa shape index (κ3) is 5.78. The molecule has 1 atom stereocenters. The van der Waals surface area contributed by atoms with Gasteiger partial charge in [-0.15, -0.1) is 12.4 Å². The number of nitrogens with zero attached hydrogens (tertiary/aromatic N) is 2. The van der Waals surface area contributed by atoms with Crippen molar-refractivity contribution in [2.24, 2.45) is 5.92 Å². The zero-order chi connectivity index (χ0) is 20.1. The van der Waals surface area contributed by atoms with Crippen molar-refractivity contribution in [1.29, 1.82) is 0 Å². The first-order valence-corrected chi connectivity index (χ1v) is 9.78. The van der Waals surface area contributed by atoms with E-state index in [2.05, 4.69) is 15.6 Å². The van der Waals surface area contributed by atoms with Crippen molar-refractivity contribution in [2.45, 2.75) is 33.2 Å². The van der Waals surface area contributed by atoms with Crippen molar-refractivity contribution in [3.63, 3.8) is 0 Å². The van der Waals surface area contributed by atoms with E-state index in [4.69, 9.17) is 0 Å². The highest BCUT2D eigenvalue weighted by Crippen LogP contribution is 2.25. The molecule has 1 aliphatic heterocycles. The van der Waals surface area contributed by atoms with Crippen LogP contribution in [0.15, 0.2) is 42.7 Å². The van der Waals surface area contributed by atoms with Crippen LogP contribution in [-0.4, -0.2) is 41.3 Å². The highest BCUT2D eigenvalue weighted by Gasteiger charge is 2.29. The Morgan fingerprint density at radius 1 is 1.31 bits per heavy atom. The molecule has 1 fully saturated rings. The SMILES string of the molecule is Cc1cc(C(=O)N2CCNCC2c2cccnc2)ccc1NC(=O)CC(C)C.Cl. The molecule has 29 heavy (non-hydrogen) atoms. The molecule has 1 saturated heterocycles. The van der Waals surface area contributed by atoms with E-state index in [9.17, 15) is 9.59 Å². The van der Waals surface area contributed by atoms with E-state index < -0.39 is 0 Å². The van der Waals surface area contributed by atoms with E-state index in [1.807, 2.05) is 56.1 Å². The van der Waals surface area contributed by atoms with E-state index in [1.54, 1.807) is 12.3 Å². The van der Waals surface area contributed by atoms with Gasteiger partial charge < -0.3 is 15.5 Å². The molecule has 0 radical (unpaired) electrons. The second kappa shape index (κ2) is 10.4. The highest BCUT2D eigenvalue weighted by molar-refractivity contribution is 5.97. The molecule has 2 N–H and O–H groups in total. The standard InChI is InChI=1S/C22H28N4O2.ClH/c1-15(2)11-21(27)25-19-7-6-17(12-16(19)3)22(28)26-10-9-24-14-20(26)18-5-4-8-23-13-18;/h4-8,12-13,15,20,24H,9-11,14H2,1-3H3,(H,25,27);1H. The number of anilines is 1. The first-order valence-electron chi connectivity index (χ1n) is 9.78. The van der Waals surface area contributed by atoms with Crippen LogP contribution in [0.1, 0.15) is 47.8 Å². The van der Waals surface area contributed by atoms with Crippen LogP contribution in [0.4, 0.5) is 5.69 Å². The van der Waals surface area contributed by atoms with Gasteiger partial charge in [-0.2, -0.15) is 0 Å². The van der Waals surface area contributed by atoms with Crippen molar-refractivity contribution in [3.8, 4) is 0 Å². The van der Waals surface area contributed by atoms with Crippen LogP contribution in [0.2, 0.25) is 0 Å². The molecule has 6 nitrogen and oxygen atoms in total. The number of hydrogen-bond donors (Lipinski definition) is 2. The minimum Gasteiger partial charge on any atom is -0.329 e. The lowest BCUT2D eigenvalue weighted by Gasteiger charge is -2.36. The monoisotopic (exact) mass is 416 g/mol. The zero-order valence-electron chi connectivity index (χ0n) is 17.1. The number of hydrogen-bond acceptors (Lipinski definition) is 4. The minimum atomic E-state index is -0.0410. The fourth-order valence-corrected chi connectivity index (χ4v) is 3.49. The maximum Gasteiger partial charge on any atom is 0.254 e. The number of amides is 2. The van der Waals surface area contributed by atoms with Gasteiger partial charge in [-0.1, -0.05) is 19.9 Å². The number of rotatable bonds is 5. The van der Waals surface area contributed by atoms with Crippen LogP contribution in [0, 0.1) is 12.8 Å². The third-order valence-corrected chi connectivity index (χ3v) is 4.91. The summed E-state index contributed by atoms with van der Waals surface area (Å²) in [4.78, 5) is 31.3. The smallest absolute Gasteiger partial charge is 0.254 e. The lowest BCUT2D eigenvalue weighted by Crippen LogP contribution is -2.48. The Labute approximate surface area is 178 Å². The van der Waals surface area contributed by atoms with E-state index in [0.29, 0.717) is 31.0 Å². The Hall–Kier alpha value is -2.44. The van der Waals surface area contributed by atoms with Crippen molar-refractivity contribution < 1.29 is 9.59 Å². The Balaban J connectivity index is 0.00000300. The van der Waals surface area contributed by atoms with Gasteiger partial charge in [-0.25, -0.2) is 0 Å². The van der Waals surface area contributed by atoms with Crippen molar-refractivity contribution in [2.75, 3.05) is 25.0 Å². The molecule has 2 heterocycles. The third-order valence-electron chi connectivity index (χ3n) is 4.91. The maximum atomic E-state index is 13.2. The minimum absolute atomic E-state index is 0. The van der Waals surface area contributed by atoms with Gasteiger partial charge in [0.2, 0.25) is 5.91 Å². The van der Waals surface area contributed by atoms with Crippen molar-refractivity contribution in [1.82, 2.24) is 15.2 Å². The predicted octanol–water partition coefficient (Wildman–Crippen LogP) is 3.58. The molecule has 2 amide bonds. The summed E-state index contributed by atoms with van der Waals surface area (Å²) in [6.45, 7) is 8.06. The highest BCUT2D eigenvalue weighted by atomic mass is 35.5. The van der Waals surface area contributed by atoms with Crippen molar-refractivity contribution in [3.05, 3.63) is 59.4 Å². The number of aryl methyl sites for hydroxylation is 1. The number of benzene rings is 1. The van der Waals surface area contributed by atoms with E-state index in [1.165, 1.54) is 0 Å². The summed E-state index contributed by atoms with van der Waals surface area (Å²) in [6.07, 6.45) is 4.03. The van der Waals surface area contributed by atoms with E-state index in [-0.39, 0.29) is 30.3 Å². The molecule has 1 unspecified atom stereocenters. The van der Waals surface area contributed by atoms with Gasteiger partial charge in [0.15, 0.2) is 0 Å². The lowest BCUT2D eigenvalue weighted by atomic mass is 10.0. The van der Waals surface area contributed by atoms with Gasteiger partial charge in [0, 0.05) is 49.7 Å². The first-order chi connectivity index (χ1) is 13.5. The normalized spacial score (nSPS) is 16.3. The quantitative estimate of drug-likeness (QED) is 0.781. The summed E-state index contributed by atoms with van der Waals surface area (Å²) in [7, 11) is 0. The molecule has 0 bridgehead atoms. The Morgan fingerprint density at radius 3 is 2.76 bits per heavy atom. The number of pyridine rings is 1. The summed E-state index contributed by atoms with van der Waals surface area (Å²) in [6, 6.07) is 9.33. The molecule has 2 aromatic rings. The summed E-state index contributed by atoms with van der Waals surface area (Å²) in [5.74, 6) is 0.299. The van der Waals surface area contributed by atoms with E-state index in [0.717, 1.165) is 23.4 Å². The number of nitrogens with one attached hydrogen (secondary N) is 2. The number of aromatic nitrogens is 1. The molecule has 0 aliphatic carbocycles. The zero-order valence-corrected chi connectivity index (χ0v) is 18.0. The number of carbonyl (C=O) groups excluding carboxylic acids is 2. The average Bonchev–Trinajstić information content (AvgIpc) is 2.69. The van der Waals surface area contributed by atoms with Crippen LogP contribution >= 0.6 is 12.4 Å². The molecule has 1 aliphatic rings. The van der Waals surface area contributed by atoms with Gasteiger partial charge in [-0.05, 0) is 48.2 Å². The average molecular weight is 417 g/mol. The molecule has 7 heteroatoms. The van der Waals surface area contributed by atoms with Crippen molar-refractivity contribution >= 4 is 29.9 Å². The van der Waals surface area contributed by atoms with Gasteiger partial charge in [0.1, 0.15) is 0 Å². The summed E-state index contributed by atoms with van der Waals surface area (Å²) in [5, 5.41) is 6.30. The Morgan fingerprint density at radius 2 is 2.10 bits per heavy atom. The molecule has 0 saturated carbocycles. The Kier molecular flexibility index (Phi) is 8.17. The van der Waals surface area contributed by atoms with E-state index >= 15 is 0 Å². The van der Waals surface area contributed by atoms with Crippen LogP contribution in [0.25, 0.3) is 0 Å². The molecule has 1 aromatic carbocycles. The molecular formula is C22H29ClN4O2. The summed E-state index contributed by atoms with van der Waals surface area (Å²) < 4.78 is 0. The second-order valence-corrected chi connectivity index (χ2v) is 7.68. The summed E-state index contributed by atoms with van der Waals surface area (Å²) in [5.41, 5.74) is 3.30. The molecule has 1 aromatic heterocycles. The van der Waals surface area contributed by atoms with Crippen LogP contribution < -0.4 is 10.6 Å². The fourth-order valence-electron chi connectivity index (χ4n) is 3.49.